The second kappa shape index (κ2) is 19.0. The molecule has 75 heavy (non-hydrogen) atoms. The maximum absolute atomic E-state index is 7.11. The number of anilines is 2. The summed E-state index contributed by atoms with van der Waals surface area (Å²) < 4.78 is 9.41. The van der Waals surface area contributed by atoms with Crippen LogP contribution in [0.1, 0.15) is 97.1 Å². The van der Waals surface area contributed by atoms with Gasteiger partial charge in [0, 0.05) is 68.6 Å². The minimum atomic E-state index is -0.254. The lowest BCUT2D eigenvalue weighted by Gasteiger charge is -2.35. The SMILES string of the molecule is CC(C)(C)C1=CN(c2cc(Oc3ccc4c5cc(-c6ccccc6)ccc5n(-c5cc(C(C)(C)C)ccn5)c4c3)cc(-c3ccccc3)c2)CN1c1cc(C(C)(C)c2ccccc2)cc(C(C)(C)c2ccccc2)c1. The van der Waals surface area contributed by atoms with Gasteiger partial charge in [0.25, 0.3) is 0 Å². The molecule has 0 amide bonds. The summed E-state index contributed by atoms with van der Waals surface area (Å²) in [5, 5.41) is 2.31. The van der Waals surface area contributed by atoms with Crippen LogP contribution in [-0.2, 0) is 16.2 Å². The number of ether oxygens (including phenoxy) is 1. The summed E-state index contributed by atoms with van der Waals surface area (Å²) in [5.41, 5.74) is 15.8. The third-order valence-corrected chi connectivity index (χ3v) is 15.5. The van der Waals surface area contributed by atoms with E-state index in [9.17, 15) is 0 Å². The largest absolute Gasteiger partial charge is 0.457 e. The molecule has 0 atom stereocenters. The number of rotatable bonds is 11. The van der Waals surface area contributed by atoms with Gasteiger partial charge in [0.2, 0.25) is 0 Å². The van der Waals surface area contributed by atoms with Crippen molar-refractivity contribution >= 4 is 33.2 Å². The highest BCUT2D eigenvalue weighted by Gasteiger charge is 2.35. The van der Waals surface area contributed by atoms with Gasteiger partial charge < -0.3 is 14.5 Å². The summed E-state index contributed by atoms with van der Waals surface area (Å²) in [5.74, 6) is 2.39. The fourth-order valence-electron chi connectivity index (χ4n) is 10.9. The van der Waals surface area contributed by atoms with Crippen molar-refractivity contribution in [3.05, 3.63) is 252 Å². The molecule has 11 rings (SSSR count). The predicted molar refractivity (Wildman–Crippen MR) is 316 cm³/mol. The van der Waals surface area contributed by atoms with E-state index in [0.717, 1.165) is 50.6 Å². The molecule has 0 radical (unpaired) electrons. The average molecular weight is 981 g/mol. The van der Waals surface area contributed by atoms with Crippen molar-refractivity contribution in [3.63, 3.8) is 0 Å². The van der Waals surface area contributed by atoms with Gasteiger partial charge in [0.15, 0.2) is 0 Å². The Kier molecular flexibility index (Phi) is 12.4. The zero-order chi connectivity index (χ0) is 52.3. The Balaban J connectivity index is 1.02. The first-order valence-corrected chi connectivity index (χ1v) is 26.4. The van der Waals surface area contributed by atoms with Gasteiger partial charge in [0.1, 0.15) is 17.3 Å². The lowest BCUT2D eigenvalue weighted by Crippen LogP contribution is -2.32. The number of hydrogen-bond acceptors (Lipinski definition) is 4. The predicted octanol–water partition coefficient (Wildman–Crippen LogP) is 18.4. The standard InChI is InChI=1S/C70H68N4O/c1-67(2,3)54-35-36-71-66(43-54)74-63-34-31-50(48-23-15-11-16-24-48)39-62(63)61-33-32-59(45-64(61)74)75-60-38-51(49-25-17-12-18-26-49)37-57(44-60)72-46-65(68(4,5)6)73(47-72)58-41-55(69(7,8)52-27-19-13-20-28-52)40-56(42-58)70(9,10)53-29-21-14-22-30-53/h11-46H,47H2,1-10H3. The Morgan fingerprint density at radius 2 is 0.987 bits per heavy atom. The third-order valence-electron chi connectivity index (χ3n) is 15.5. The van der Waals surface area contributed by atoms with Crippen molar-refractivity contribution in [1.29, 1.82) is 0 Å². The highest BCUT2D eigenvalue weighted by Crippen LogP contribution is 2.46. The Morgan fingerprint density at radius 3 is 1.57 bits per heavy atom. The molecule has 5 heteroatoms. The summed E-state index contributed by atoms with van der Waals surface area (Å²) in [6, 6.07) is 74.8. The van der Waals surface area contributed by atoms with Crippen LogP contribution in [0.2, 0.25) is 0 Å². The summed E-state index contributed by atoms with van der Waals surface area (Å²) in [4.78, 5) is 9.94. The summed E-state index contributed by atoms with van der Waals surface area (Å²) in [7, 11) is 0. The number of hydrogen-bond donors (Lipinski definition) is 0. The van der Waals surface area contributed by atoms with Crippen LogP contribution in [0.3, 0.4) is 0 Å². The van der Waals surface area contributed by atoms with Crippen molar-refractivity contribution in [3.8, 4) is 39.6 Å². The molecule has 0 saturated carbocycles. The van der Waals surface area contributed by atoms with Gasteiger partial charge >= 0.3 is 0 Å². The first-order chi connectivity index (χ1) is 35.9. The highest BCUT2D eigenvalue weighted by atomic mass is 16.5. The topological polar surface area (TPSA) is 33.5 Å². The van der Waals surface area contributed by atoms with Crippen molar-refractivity contribution in [2.75, 3.05) is 16.5 Å². The first kappa shape index (κ1) is 49.1. The van der Waals surface area contributed by atoms with E-state index in [0.29, 0.717) is 6.67 Å². The molecular weight excluding hydrogens is 913 g/mol. The third kappa shape index (κ3) is 9.53. The molecule has 0 spiro atoms. The minimum absolute atomic E-state index is 0.0482. The van der Waals surface area contributed by atoms with E-state index >= 15 is 0 Å². The molecular formula is C70H68N4O. The van der Waals surface area contributed by atoms with Crippen LogP contribution < -0.4 is 14.5 Å². The van der Waals surface area contributed by atoms with Crippen LogP contribution in [0.15, 0.2) is 224 Å². The van der Waals surface area contributed by atoms with E-state index in [1.165, 1.54) is 55.7 Å². The molecule has 0 aliphatic carbocycles. The first-order valence-electron chi connectivity index (χ1n) is 26.4. The van der Waals surface area contributed by atoms with E-state index in [-0.39, 0.29) is 21.7 Å². The number of benzene rings is 8. The molecule has 1 aliphatic rings. The van der Waals surface area contributed by atoms with E-state index in [1.807, 2.05) is 6.20 Å². The van der Waals surface area contributed by atoms with Gasteiger partial charge in [-0.25, -0.2) is 4.98 Å². The Hall–Kier alpha value is -8.15. The lowest BCUT2D eigenvalue weighted by molar-refractivity contribution is 0.483. The van der Waals surface area contributed by atoms with Gasteiger partial charge in [-0.2, -0.15) is 0 Å². The summed E-state index contributed by atoms with van der Waals surface area (Å²) >= 11 is 0. The lowest BCUT2D eigenvalue weighted by atomic mass is 9.73. The zero-order valence-electron chi connectivity index (χ0n) is 45.2. The molecule has 5 nitrogen and oxygen atoms in total. The van der Waals surface area contributed by atoms with Gasteiger partial charge in [-0.15, -0.1) is 0 Å². The van der Waals surface area contributed by atoms with E-state index < -0.39 is 0 Å². The summed E-state index contributed by atoms with van der Waals surface area (Å²) in [6.07, 6.45) is 4.30. The number of aromatic nitrogens is 2. The molecule has 0 unspecified atom stereocenters. The maximum atomic E-state index is 7.11. The average Bonchev–Trinajstić information content (AvgIpc) is 4.06. The Morgan fingerprint density at radius 1 is 0.400 bits per heavy atom. The number of fused-ring (bicyclic) bond motifs is 3. The monoisotopic (exact) mass is 981 g/mol. The molecule has 10 aromatic rings. The van der Waals surface area contributed by atoms with Gasteiger partial charge in [-0.3, -0.25) is 4.57 Å². The normalized spacial score (nSPS) is 13.4. The van der Waals surface area contributed by atoms with Crippen LogP contribution >= 0.6 is 0 Å². The van der Waals surface area contributed by atoms with Crippen LogP contribution in [0.4, 0.5) is 11.4 Å². The van der Waals surface area contributed by atoms with Gasteiger partial charge in [-0.1, -0.05) is 203 Å². The van der Waals surface area contributed by atoms with Crippen molar-refractivity contribution in [2.45, 2.75) is 85.5 Å². The second-order valence-corrected chi connectivity index (χ2v) is 23.5. The fraction of sp³-hybridized carbons (Fsp3) is 0.214. The van der Waals surface area contributed by atoms with Crippen LogP contribution in [0, 0.1) is 5.41 Å². The van der Waals surface area contributed by atoms with Crippen molar-refractivity contribution in [2.24, 2.45) is 5.41 Å². The minimum Gasteiger partial charge on any atom is -0.457 e. The van der Waals surface area contributed by atoms with E-state index in [2.05, 4.69) is 296 Å². The fourth-order valence-corrected chi connectivity index (χ4v) is 10.9. The van der Waals surface area contributed by atoms with Crippen LogP contribution in [0.5, 0.6) is 11.5 Å². The zero-order valence-corrected chi connectivity index (χ0v) is 45.2. The second-order valence-electron chi connectivity index (χ2n) is 23.5. The van der Waals surface area contributed by atoms with Gasteiger partial charge in [0.05, 0.1) is 17.7 Å². The van der Waals surface area contributed by atoms with Gasteiger partial charge in [-0.05, 0) is 116 Å². The number of allylic oxidation sites excluding steroid dienone is 1. The van der Waals surface area contributed by atoms with Crippen molar-refractivity contribution in [1.82, 2.24) is 9.55 Å². The molecule has 0 bridgehead atoms. The molecule has 8 aromatic carbocycles. The maximum Gasteiger partial charge on any atom is 0.137 e. The molecule has 0 N–H and O–H groups in total. The van der Waals surface area contributed by atoms with E-state index in [4.69, 9.17) is 9.72 Å². The number of nitrogens with zero attached hydrogens (tertiary/aromatic N) is 4. The van der Waals surface area contributed by atoms with E-state index in [1.54, 1.807) is 0 Å². The molecule has 2 aromatic heterocycles. The van der Waals surface area contributed by atoms with Crippen molar-refractivity contribution < 1.29 is 4.74 Å². The highest BCUT2D eigenvalue weighted by molar-refractivity contribution is 6.10. The number of pyridine rings is 1. The Labute approximate surface area is 444 Å². The molecule has 0 fully saturated rings. The van der Waals surface area contributed by atoms with Crippen LogP contribution in [-0.4, -0.2) is 16.2 Å². The molecule has 374 valence electrons. The Bertz CT molecular complexity index is 3660. The smallest absolute Gasteiger partial charge is 0.137 e. The van der Waals surface area contributed by atoms with Crippen LogP contribution in [0.25, 0.3) is 49.9 Å². The summed E-state index contributed by atoms with van der Waals surface area (Å²) in [6.45, 7) is 23.8. The molecule has 0 saturated heterocycles. The molecule has 3 heterocycles. The quantitative estimate of drug-likeness (QED) is 0.129. The molecule has 1 aliphatic heterocycles.